The molecule has 2 atom stereocenters. The van der Waals surface area contributed by atoms with Crippen molar-refractivity contribution in [3.63, 3.8) is 0 Å². The van der Waals surface area contributed by atoms with Gasteiger partial charge in [-0.2, -0.15) is 0 Å². The second-order valence-corrected chi connectivity index (χ2v) is 6.84. The topological polar surface area (TPSA) is 29.5 Å². The Hall–Kier alpha value is -1.67. The lowest BCUT2D eigenvalue weighted by molar-refractivity contribution is 0.0916. The van der Waals surface area contributed by atoms with E-state index in [2.05, 4.69) is 13.8 Å². The molecule has 0 fully saturated rings. The quantitative estimate of drug-likeness (QED) is 0.765. The third kappa shape index (κ3) is 1.94. The standard InChI is InChI=1S/C19H21ClO2/c1-10-11(2)18-16(12(3)17(10)21)13(4)19(5,22-18)14-6-8-15(20)9-7-14/h6-9,13,21H,1-5H3. The molecule has 0 spiro atoms. The number of phenols is 1. The lowest BCUT2D eigenvalue weighted by Crippen LogP contribution is -2.30. The average Bonchev–Trinajstić information content (AvgIpc) is 2.77. The minimum atomic E-state index is -0.456. The van der Waals surface area contributed by atoms with Crippen molar-refractivity contribution in [1.82, 2.24) is 0 Å². The summed E-state index contributed by atoms with van der Waals surface area (Å²) in [4.78, 5) is 0. The molecule has 2 aromatic carbocycles. The molecule has 0 amide bonds. The highest BCUT2D eigenvalue weighted by Gasteiger charge is 2.45. The molecule has 1 heterocycles. The van der Waals surface area contributed by atoms with E-state index in [1.807, 2.05) is 45.0 Å². The lowest BCUT2D eigenvalue weighted by Gasteiger charge is -2.29. The summed E-state index contributed by atoms with van der Waals surface area (Å²) in [6.07, 6.45) is 0. The number of rotatable bonds is 1. The highest BCUT2D eigenvalue weighted by atomic mass is 35.5. The van der Waals surface area contributed by atoms with Gasteiger partial charge in [0.2, 0.25) is 0 Å². The summed E-state index contributed by atoms with van der Waals surface area (Å²) in [5, 5.41) is 11.1. The summed E-state index contributed by atoms with van der Waals surface area (Å²) in [7, 11) is 0. The van der Waals surface area contributed by atoms with Gasteiger partial charge in [0.25, 0.3) is 0 Å². The monoisotopic (exact) mass is 316 g/mol. The van der Waals surface area contributed by atoms with Gasteiger partial charge in [0.15, 0.2) is 0 Å². The largest absolute Gasteiger partial charge is 0.507 e. The van der Waals surface area contributed by atoms with Crippen molar-refractivity contribution in [2.75, 3.05) is 0 Å². The number of hydrogen-bond donors (Lipinski definition) is 1. The van der Waals surface area contributed by atoms with Gasteiger partial charge >= 0.3 is 0 Å². The predicted octanol–water partition coefficient (Wildman–Crippen LogP) is 5.38. The van der Waals surface area contributed by atoms with E-state index in [9.17, 15) is 5.11 Å². The van der Waals surface area contributed by atoms with Crippen LogP contribution in [-0.4, -0.2) is 5.11 Å². The molecule has 1 aliphatic heterocycles. The Labute approximate surface area is 136 Å². The van der Waals surface area contributed by atoms with Gasteiger partial charge < -0.3 is 9.84 Å². The lowest BCUT2D eigenvalue weighted by atomic mass is 9.79. The minimum absolute atomic E-state index is 0.147. The van der Waals surface area contributed by atoms with Crippen molar-refractivity contribution in [2.24, 2.45) is 0 Å². The van der Waals surface area contributed by atoms with Crippen molar-refractivity contribution >= 4 is 11.6 Å². The Bertz CT molecular complexity index is 749. The number of halogens is 1. The number of benzene rings is 2. The Morgan fingerprint density at radius 3 is 2.23 bits per heavy atom. The van der Waals surface area contributed by atoms with Crippen LogP contribution in [0.15, 0.2) is 24.3 Å². The summed E-state index contributed by atoms with van der Waals surface area (Å²) in [5.41, 5.74) is 4.58. The number of aromatic hydroxyl groups is 1. The molecule has 1 N–H and O–H groups in total. The van der Waals surface area contributed by atoms with Gasteiger partial charge in [-0.3, -0.25) is 0 Å². The fourth-order valence-corrected chi connectivity index (χ4v) is 3.57. The van der Waals surface area contributed by atoms with Crippen molar-refractivity contribution < 1.29 is 9.84 Å². The van der Waals surface area contributed by atoms with Gasteiger partial charge in [-0.15, -0.1) is 0 Å². The van der Waals surface area contributed by atoms with Crippen molar-refractivity contribution in [3.8, 4) is 11.5 Å². The van der Waals surface area contributed by atoms with Crippen LogP contribution in [0.5, 0.6) is 11.5 Å². The molecule has 1 aliphatic rings. The zero-order valence-corrected chi connectivity index (χ0v) is 14.4. The van der Waals surface area contributed by atoms with E-state index < -0.39 is 5.60 Å². The van der Waals surface area contributed by atoms with Crippen LogP contribution >= 0.6 is 11.6 Å². The highest BCUT2D eigenvalue weighted by molar-refractivity contribution is 6.30. The van der Waals surface area contributed by atoms with E-state index in [-0.39, 0.29) is 5.92 Å². The van der Waals surface area contributed by atoms with E-state index in [0.29, 0.717) is 5.75 Å². The third-order valence-electron chi connectivity index (χ3n) is 5.25. The van der Waals surface area contributed by atoms with Crippen LogP contribution < -0.4 is 4.74 Å². The van der Waals surface area contributed by atoms with Crippen molar-refractivity contribution in [1.29, 1.82) is 0 Å². The van der Waals surface area contributed by atoms with E-state index in [1.165, 1.54) is 0 Å². The van der Waals surface area contributed by atoms with Gasteiger partial charge in [0, 0.05) is 16.5 Å². The summed E-state index contributed by atoms with van der Waals surface area (Å²) in [5.74, 6) is 1.44. The molecule has 2 aromatic rings. The van der Waals surface area contributed by atoms with Crippen molar-refractivity contribution in [2.45, 2.75) is 46.1 Å². The maximum absolute atomic E-state index is 10.4. The Morgan fingerprint density at radius 1 is 1.05 bits per heavy atom. The maximum Gasteiger partial charge on any atom is 0.138 e. The summed E-state index contributed by atoms with van der Waals surface area (Å²) in [6, 6.07) is 7.82. The second-order valence-electron chi connectivity index (χ2n) is 6.40. The van der Waals surface area contributed by atoms with Crippen LogP contribution in [0.1, 0.15) is 47.6 Å². The van der Waals surface area contributed by atoms with E-state index in [4.69, 9.17) is 16.3 Å². The van der Waals surface area contributed by atoms with Crippen LogP contribution in [0.2, 0.25) is 5.02 Å². The molecule has 0 bridgehead atoms. The molecule has 0 radical (unpaired) electrons. The third-order valence-corrected chi connectivity index (χ3v) is 5.50. The number of phenolic OH excluding ortho intramolecular Hbond substituents is 1. The van der Waals surface area contributed by atoms with Gasteiger partial charge in [-0.1, -0.05) is 30.7 Å². The van der Waals surface area contributed by atoms with E-state index in [0.717, 1.165) is 38.6 Å². The molecule has 3 heteroatoms. The number of hydrogen-bond acceptors (Lipinski definition) is 2. The molecule has 0 saturated carbocycles. The van der Waals surface area contributed by atoms with Gasteiger partial charge in [0.05, 0.1) is 0 Å². The molecule has 2 unspecified atom stereocenters. The van der Waals surface area contributed by atoms with E-state index >= 15 is 0 Å². The predicted molar refractivity (Wildman–Crippen MR) is 90.2 cm³/mol. The van der Waals surface area contributed by atoms with Crippen LogP contribution in [-0.2, 0) is 5.60 Å². The molecular formula is C19H21ClO2. The maximum atomic E-state index is 10.4. The van der Waals surface area contributed by atoms with Crippen molar-refractivity contribution in [3.05, 3.63) is 57.1 Å². The summed E-state index contributed by atoms with van der Waals surface area (Å²) >= 11 is 6.01. The zero-order valence-electron chi connectivity index (χ0n) is 13.6. The molecule has 3 rings (SSSR count). The first-order valence-corrected chi connectivity index (χ1v) is 7.92. The molecular weight excluding hydrogens is 296 g/mol. The Kier molecular flexibility index (Phi) is 3.41. The number of fused-ring (bicyclic) bond motifs is 1. The molecule has 116 valence electrons. The molecule has 0 saturated heterocycles. The van der Waals surface area contributed by atoms with Crippen LogP contribution in [0.4, 0.5) is 0 Å². The van der Waals surface area contributed by atoms with Crippen LogP contribution in [0.3, 0.4) is 0 Å². The zero-order chi connectivity index (χ0) is 16.2. The Morgan fingerprint density at radius 2 is 1.64 bits per heavy atom. The fourth-order valence-electron chi connectivity index (χ4n) is 3.45. The highest BCUT2D eigenvalue weighted by Crippen LogP contribution is 2.54. The molecule has 2 nitrogen and oxygen atoms in total. The van der Waals surface area contributed by atoms with Gasteiger partial charge in [-0.25, -0.2) is 0 Å². The first-order valence-electron chi connectivity index (χ1n) is 7.55. The van der Waals surface area contributed by atoms with Gasteiger partial charge in [0.1, 0.15) is 17.1 Å². The van der Waals surface area contributed by atoms with Crippen LogP contribution in [0, 0.1) is 20.8 Å². The van der Waals surface area contributed by atoms with E-state index in [1.54, 1.807) is 0 Å². The molecule has 22 heavy (non-hydrogen) atoms. The van der Waals surface area contributed by atoms with Gasteiger partial charge in [-0.05, 0) is 62.1 Å². The first-order chi connectivity index (χ1) is 10.3. The minimum Gasteiger partial charge on any atom is -0.507 e. The SMILES string of the molecule is Cc1c(C)c2c(c(C)c1O)C(C)C(C)(c1ccc(Cl)cc1)O2. The average molecular weight is 317 g/mol. The molecule has 0 aliphatic carbocycles. The summed E-state index contributed by atoms with van der Waals surface area (Å²) in [6.45, 7) is 10.2. The molecule has 0 aromatic heterocycles. The normalized spacial score (nSPS) is 23.3. The first kappa shape index (κ1) is 15.2. The van der Waals surface area contributed by atoms with Crippen LogP contribution in [0.25, 0.3) is 0 Å². The number of ether oxygens (including phenoxy) is 1. The summed E-state index contributed by atoms with van der Waals surface area (Å²) < 4.78 is 6.43. The second kappa shape index (κ2) is 4.92. The smallest absolute Gasteiger partial charge is 0.138 e. The Balaban J connectivity index is 2.19. The fraction of sp³-hybridized carbons (Fsp3) is 0.368.